The summed E-state index contributed by atoms with van der Waals surface area (Å²) in [5.41, 5.74) is 12.7. The molecule has 0 spiro atoms. The van der Waals surface area contributed by atoms with E-state index in [1.165, 1.54) is 30.4 Å². The summed E-state index contributed by atoms with van der Waals surface area (Å²) in [5, 5.41) is 0. The molecule has 4 aliphatic carbocycles. The van der Waals surface area contributed by atoms with Crippen LogP contribution in [-0.2, 0) is 0 Å². The highest BCUT2D eigenvalue weighted by atomic mass is 15.0. The maximum absolute atomic E-state index is 6.54. The van der Waals surface area contributed by atoms with Crippen molar-refractivity contribution in [3.8, 4) is 0 Å². The maximum atomic E-state index is 6.54. The van der Waals surface area contributed by atoms with E-state index in [1.807, 2.05) is 0 Å². The molecule has 4 unspecified atom stereocenters. The molecule has 0 saturated heterocycles. The molecule has 4 rings (SSSR count). The van der Waals surface area contributed by atoms with Gasteiger partial charge in [0.15, 0.2) is 0 Å². The Balaban J connectivity index is 1.75. The first-order chi connectivity index (χ1) is 8.51. The van der Waals surface area contributed by atoms with Crippen LogP contribution in [0.25, 0.3) is 0 Å². The van der Waals surface area contributed by atoms with Crippen molar-refractivity contribution in [3.05, 3.63) is 34.9 Å². The van der Waals surface area contributed by atoms with Crippen LogP contribution in [-0.4, -0.2) is 5.54 Å². The average molecular weight is 243 g/mol. The molecule has 18 heavy (non-hydrogen) atoms. The Labute approximate surface area is 111 Å². The Morgan fingerprint density at radius 2 is 2.28 bits per heavy atom. The third kappa shape index (κ3) is 1.50. The highest BCUT2D eigenvalue weighted by Gasteiger charge is 2.76. The monoisotopic (exact) mass is 243 g/mol. The zero-order valence-electron chi connectivity index (χ0n) is 11.9. The Morgan fingerprint density at radius 1 is 1.61 bits per heavy atom. The van der Waals surface area contributed by atoms with Gasteiger partial charge >= 0.3 is 0 Å². The lowest BCUT2D eigenvalue weighted by molar-refractivity contribution is 0.264. The van der Waals surface area contributed by atoms with Gasteiger partial charge in [0, 0.05) is 5.92 Å². The third-order valence-electron chi connectivity index (χ3n) is 5.27. The van der Waals surface area contributed by atoms with Crippen LogP contribution in [0.15, 0.2) is 34.9 Å². The van der Waals surface area contributed by atoms with Crippen molar-refractivity contribution in [2.75, 3.05) is 0 Å². The molecule has 0 aromatic carbocycles. The summed E-state index contributed by atoms with van der Waals surface area (Å²) in [6.07, 6.45) is 7.41. The summed E-state index contributed by atoms with van der Waals surface area (Å²) < 4.78 is 0. The topological polar surface area (TPSA) is 26.0 Å². The fraction of sp³-hybridized carbons (Fsp3) is 0.647. The minimum atomic E-state index is 0.121. The molecule has 0 heterocycles. The first kappa shape index (κ1) is 12.2. The summed E-state index contributed by atoms with van der Waals surface area (Å²) in [5.74, 6) is 2.00. The van der Waals surface area contributed by atoms with Crippen LogP contribution in [0.5, 0.6) is 0 Å². The van der Waals surface area contributed by atoms with E-state index in [9.17, 15) is 0 Å². The van der Waals surface area contributed by atoms with Crippen LogP contribution < -0.4 is 5.73 Å². The summed E-state index contributed by atoms with van der Waals surface area (Å²) in [6.45, 7) is 10.8. The lowest BCUT2D eigenvalue weighted by Gasteiger charge is -2.36. The van der Waals surface area contributed by atoms with Crippen molar-refractivity contribution < 1.29 is 0 Å². The fourth-order valence-electron chi connectivity index (χ4n) is 4.20. The van der Waals surface area contributed by atoms with Crippen molar-refractivity contribution >= 4 is 0 Å². The van der Waals surface area contributed by atoms with E-state index in [-0.39, 0.29) is 5.54 Å². The van der Waals surface area contributed by atoms with Crippen LogP contribution >= 0.6 is 0 Å². The van der Waals surface area contributed by atoms with Gasteiger partial charge in [0.1, 0.15) is 0 Å². The molecular formula is C17H25N. The molecule has 0 amide bonds. The minimum absolute atomic E-state index is 0.121. The zero-order valence-corrected chi connectivity index (χ0v) is 11.9. The normalized spacial score (nSPS) is 38.3. The molecule has 2 bridgehead atoms. The number of nitrogens with two attached hydrogens (primary N) is 1. The van der Waals surface area contributed by atoms with Crippen molar-refractivity contribution in [3.63, 3.8) is 0 Å². The van der Waals surface area contributed by atoms with Gasteiger partial charge in [-0.3, -0.25) is 0 Å². The number of hydrogen-bond donors (Lipinski definition) is 1. The molecule has 0 radical (unpaired) electrons. The summed E-state index contributed by atoms with van der Waals surface area (Å²) in [6, 6.07) is 0. The van der Waals surface area contributed by atoms with E-state index in [1.54, 1.807) is 11.1 Å². The number of rotatable bonds is 5. The van der Waals surface area contributed by atoms with Crippen LogP contribution in [0.3, 0.4) is 0 Å². The largest absolute Gasteiger partial charge is 0.321 e. The second-order valence-electron chi connectivity index (χ2n) is 6.53. The van der Waals surface area contributed by atoms with Gasteiger partial charge in [0.2, 0.25) is 0 Å². The molecule has 0 aromatic heterocycles. The van der Waals surface area contributed by atoms with Gasteiger partial charge in [-0.1, -0.05) is 44.1 Å². The van der Waals surface area contributed by atoms with Crippen molar-refractivity contribution in [2.24, 2.45) is 23.5 Å². The number of hydrogen-bond acceptors (Lipinski definition) is 1. The molecule has 2 fully saturated rings. The molecule has 98 valence electrons. The van der Waals surface area contributed by atoms with Gasteiger partial charge < -0.3 is 5.73 Å². The Kier molecular flexibility index (Phi) is 2.60. The minimum Gasteiger partial charge on any atom is -0.321 e. The van der Waals surface area contributed by atoms with E-state index in [0.29, 0.717) is 11.8 Å². The lowest BCUT2D eigenvalue weighted by atomic mass is 9.72. The highest BCUT2D eigenvalue weighted by Crippen LogP contribution is 2.77. The van der Waals surface area contributed by atoms with Gasteiger partial charge in [0.05, 0.1) is 5.54 Å². The second-order valence-corrected chi connectivity index (χ2v) is 6.53. The summed E-state index contributed by atoms with van der Waals surface area (Å²) >= 11 is 0. The lowest BCUT2D eigenvalue weighted by Crippen LogP contribution is -2.44. The van der Waals surface area contributed by atoms with E-state index in [2.05, 4.69) is 33.4 Å². The van der Waals surface area contributed by atoms with Crippen LogP contribution in [0.1, 0.15) is 46.5 Å². The van der Waals surface area contributed by atoms with Gasteiger partial charge in [-0.15, -0.1) is 0 Å². The molecular weight excluding hydrogens is 218 g/mol. The number of fused-ring (bicyclic) bond motifs is 2. The third-order valence-corrected chi connectivity index (χ3v) is 5.27. The van der Waals surface area contributed by atoms with E-state index in [4.69, 9.17) is 5.73 Å². The summed E-state index contributed by atoms with van der Waals surface area (Å²) in [7, 11) is 0. The smallest absolute Gasteiger partial charge is 0.0517 e. The number of allylic oxidation sites excluding steroid dienone is 3. The molecule has 2 saturated carbocycles. The van der Waals surface area contributed by atoms with Crippen molar-refractivity contribution in [1.29, 1.82) is 0 Å². The SMILES string of the molecule is C=C(C)C(=CC(C)C1CCC2=C3C2C31N)CCC. The first-order valence-electron chi connectivity index (χ1n) is 7.40. The zero-order chi connectivity index (χ0) is 13.1. The molecule has 4 atom stereocenters. The van der Waals surface area contributed by atoms with E-state index >= 15 is 0 Å². The van der Waals surface area contributed by atoms with E-state index in [0.717, 1.165) is 12.3 Å². The van der Waals surface area contributed by atoms with E-state index < -0.39 is 0 Å². The predicted molar refractivity (Wildman–Crippen MR) is 77.1 cm³/mol. The standard InChI is InChI=1S/C17H25N/c1-5-6-12(10(2)3)9-11(4)14-8-7-13-15-16(13)17(14,15)18/h9,11,14-15H,2,5-8,18H2,1,3-4H3. The molecule has 1 heteroatoms. The maximum Gasteiger partial charge on any atom is 0.0517 e. The molecule has 2 N–H and O–H groups in total. The fourth-order valence-corrected chi connectivity index (χ4v) is 4.20. The Morgan fingerprint density at radius 3 is 2.83 bits per heavy atom. The predicted octanol–water partition coefficient (Wildman–Crippen LogP) is 3.97. The quantitative estimate of drug-likeness (QED) is 0.574. The van der Waals surface area contributed by atoms with Crippen molar-refractivity contribution in [2.45, 2.75) is 52.0 Å². The van der Waals surface area contributed by atoms with Gasteiger partial charge in [0.25, 0.3) is 0 Å². The van der Waals surface area contributed by atoms with Gasteiger partial charge in [-0.2, -0.15) is 0 Å². The molecule has 0 aromatic rings. The van der Waals surface area contributed by atoms with Crippen LogP contribution in [0.2, 0.25) is 0 Å². The first-order valence-corrected chi connectivity index (χ1v) is 7.40. The highest BCUT2D eigenvalue weighted by molar-refractivity contribution is 5.72. The molecule has 0 aliphatic heterocycles. The Bertz CT molecular complexity index is 468. The van der Waals surface area contributed by atoms with Crippen LogP contribution in [0.4, 0.5) is 0 Å². The van der Waals surface area contributed by atoms with Crippen LogP contribution in [0, 0.1) is 17.8 Å². The molecule has 1 nitrogen and oxygen atoms in total. The average Bonchev–Trinajstić information content (AvgIpc) is 3.18. The second kappa shape index (κ2) is 3.84. The Hall–Kier alpha value is -0.820. The molecule has 4 aliphatic rings. The van der Waals surface area contributed by atoms with Gasteiger partial charge in [-0.25, -0.2) is 0 Å². The van der Waals surface area contributed by atoms with Crippen molar-refractivity contribution in [1.82, 2.24) is 0 Å². The van der Waals surface area contributed by atoms with Gasteiger partial charge in [-0.05, 0) is 49.2 Å². The summed E-state index contributed by atoms with van der Waals surface area (Å²) in [4.78, 5) is 0.